The molecule has 31 heavy (non-hydrogen) atoms. The highest BCUT2D eigenvalue weighted by Crippen LogP contribution is 2.67. The molecule has 1 N–H and O–H groups in total. The first-order chi connectivity index (χ1) is 14.6. The maximum atomic E-state index is 13.3. The number of carbonyl (C=O) groups excluding carboxylic acids is 1. The Hall–Kier alpha value is -0.370. The lowest BCUT2D eigenvalue weighted by molar-refractivity contribution is -0.160. The lowest BCUT2D eigenvalue weighted by Crippen LogP contribution is -2.57. The van der Waals surface area contributed by atoms with Crippen LogP contribution in [0.15, 0.2) is 0 Å². The zero-order valence-electron chi connectivity index (χ0n) is 21.3. The van der Waals surface area contributed by atoms with Crippen molar-refractivity contribution in [1.29, 1.82) is 0 Å². The Balaban J connectivity index is 1.49. The lowest BCUT2D eigenvalue weighted by atomic mass is 9.44. The van der Waals surface area contributed by atoms with E-state index in [4.69, 9.17) is 0 Å². The monoisotopic (exact) mass is 430 g/mol. The van der Waals surface area contributed by atoms with Crippen LogP contribution in [-0.4, -0.2) is 17.0 Å². The zero-order chi connectivity index (χ0) is 22.6. The van der Waals surface area contributed by atoms with Gasteiger partial charge in [-0.1, -0.05) is 54.4 Å². The maximum absolute atomic E-state index is 13.3. The molecule has 0 heterocycles. The Morgan fingerprint density at radius 1 is 0.968 bits per heavy atom. The first-order valence-electron chi connectivity index (χ1n) is 13.8. The molecule has 0 radical (unpaired) electrons. The molecule has 0 aromatic rings. The summed E-state index contributed by atoms with van der Waals surface area (Å²) < 4.78 is 0. The van der Waals surface area contributed by atoms with E-state index < -0.39 is 0 Å². The minimum absolute atomic E-state index is 0.125. The summed E-state index contributed by atoms with van der Waals surface area (Å²) in [5.74, 6) is 6.02. The van der Waals surface area contributed by atoms with Crippen molar-refractivity contribution in [2.75, 3.05) is 0 Å². The number of hydrogen-bond donors (Lipinski definition) is 1. The molecule has 0 aromatic carbocycles. The van der Waals surface area contributed by atoms with Crippen LogP contribution >= 0.6 is 0 Å². The molecule has 4 aliphatic rings. The normalized spacial score (nSPS) is 46.9. The van der Waals surface area contributed by atoms with Gasteiger partial charge in [-0.15, -0.1) is 0 Å². The predicted molar refractivity (Wildman–Crippen MR) is 129 cm³/mol. The molecule has 0 saturated heterocycles. The van der Waals surface area contributed by atoms with Crippen molar-refractivity contribution >= 4 is 5.78 Å². The van der Waals surface area contributed by atoms with E-state index in [-0.39, 0.29) is 17.4 Å². The van der Waals surface area contributed by atoms with E-state index in [0.717, 1.165) is 55.3 Å². The fourth-order valence-corrected chi connectivity index (χ4v) is 9.68. The topological polar surface area (TPSA) is 37.3 Å². The van der Waals surface area contributed by atoms with Crippen molar-refractivity contribution < 1.29 is 9.90 Å². The third-order valence-electron chi connectivity index (χ3n) is 11.6. The predicted octanol–water partition coefficient (Wildman–Crippen LogP) is 7.28. The Morgan fingerprint density at radius 2 is 1.65 bits per heavy atom. The van der Waals surface area contributed by atoms with E-state index >= 15 is 0 Å². The van der Waals surface area contributed by atoms with Crippen LogP contribution in [0.4, 0.5) is 0 Å². The molecule has 0 bridgehead atoms. The minimum atomic E-state index is -0.248. The van der Waals surface area contributed by atoms with Gasteiger partial charge in [-0.3, -0.25) is 4.79 Å². The molecular formula is C29H50O2. The van der Waals surface area contributed by atoms with Gasteiger partial charge in [0.15, 0.2) is 0 Å². The van der Waals surface area contributed by atoms with Gasteiger partial charge < -0.3 is 5.11 Å². The second kappa shape index (κ2) is 8.77. The minimum Gasteiger partial charge on any atom is -0.393 e. The van der Waals surface area contributed by atoms with Gasteiger partial charge in [0.05, 0.1) is 6.10 Å². The van der Waals surface area contributed by atoms with Crippen molar-refractivity contribution in [1.82, 2.24) is 0 Å². The van der Waals surface area contributed by atoms with Gasteiger partial charge in [0.2, 0.25) is 0 Å². The first-order valence-corrected chi connectivity index (χ1v) is 13.8. The summed E-state index contributed by atoms with van der Waals surface area (Å²) in [6, 6.07) is 0. The average molecular weight is 431 g/mol. The largest absolute Gasteiger partial charge is 0.393 e. The molecule has 0 aliphatic heterocycles. The highest BCUT2D eigenvalue weighted by Gasteiger charge is 2.62. The molecule has 4 aliphatic carbocycles. The number of hydrogen-bond acceptors (Lipinski definition) is 2. The Kier molecular flexibility index (Phi) is 6.73. The van der Waals surface area contributed by atoms with E-state index in [9.17, 15) is 9.90 Å². The number of carbonyl (C=O) groups is 1. The molecule has 0 aromatic heterocycles. The molecule has 2 heteroatoms. The van der Waals surface area contributed by atoms with Gasteiger partial charge in [-0.2, -0.15) is 0 Å². The number of aliphatic hydroxyl groups excluding tert-OH is 1. The molecule has 4 saturated carbocycles. The van der Waals surface area contributed by atoms with E-state index in [1.165, 1.54) is 44.9 Å². The molecule has 0 spiro atoms. The molecular weight excluding hydrogens is 380 g/mol. The fraction of sp³-hybridized carbons (Fsp3) is 0.966. The summed E-state index contributed by atoms with van der Waals surface area (Å²) >= 11 is 0. The first kappa shape index (κ1) is 23.8. The van der Waals surface area contributed by atoms with Crippen LogP contribution in [0.3, 0.4) is 0 Å². The third kappa shape index (κ3) is 3.95. The van der Waals surface area contributed by atoms with Gasteiger partial charge in [0.25, 0.3) is 0 Å². The number of aliphatic hydroxyl groups is 1. The van der Waals surface area contributed by atoms with Crippen LogP contribution in [0.1, 0.15) is 112 Å². The van der Waals surface area contributed by atoms with Gasteiger partial charge in [0.1, 0.15) is 5.78 Å². The average Bonchev–Trinajstić information content (AvgIpc) is 3.07. The lowest BCUT2D eigenvalue weighted by Gasteiger charge is -2.60. The van der Waals surface area contributed by atoms with E-state index in [1.807, 2.05) is 0 Å². The quantitative estimate of drug-likeness (QED) is 0.480. The summed E-state index contributed by atoms with van der Waals surface area (Å²) in [7, 11) is 0. The van der Waals surface area contributed by atoms with Crippen LogP contribution in [-0.2, 0) is 4.79 Å². The van der Waals surface area contributed by atoms with E-state index in [0.29, 0.717) is 23.0 Å². The second-order valence-corrected chi connectivity index (χ2v) is 13.2. The third-order valence-corrected chi connectivity index (χ3v) is 11.6. The highest BCUT2D eigenvalue weighted by molar-refractivity contribution is 5.83. The van der Waals surface area contributed by atoms with Crippen LogP contribution in [0, 0.1) is 58.2 Å². The van der Waals surface area contributed by atoms with Gasteiger partial charge in [-0.05, 0) is 104 Å². The van der Waals surface area contributed by atoms with E-state index in [1.54, 1.807) is 0 Å². The number of rotatable bonds is 6. The molecule has 0 amide bonds. The van der Waals surface area contributed by atoms with Gasteiger partial charge in [-0.25, -0.2) is 0 Å². The standard InChI is InChI=1S/C29H50O2/c1-7-20(18(2)3)9-8-19(4)23-10-11-24-22-17-27(31)26-16-21(30)12-14-29(26,6)25(22)13-15-28(23,24)5/h18-26,30H,7-17H2,1-6H3/t19-,20-,21?,22+,23-,24+,25+,26?,28-,29-/m1/s1. The second-order valence-electron chi connectivity index (χ2n) is 13.2. The summed E-state index contributed by atoms with van der Waals surface area (Å²) in [6.45, 7) is 14.7. The number of fused-ring (bicyclic) bond motifs is 5. The highest BCUT2D eigenvalue weighted by atomic mass is 16.3. The Morgan fingerprint density at radius 3 is 2.32 bits per heavy atom. The van der Waals surface area contributed by atoms with Crippen molar-refractivity contribution in [3.63, 3.8) is 0 Å². The summed E-state index contributed by atoms with van der Waals surface area (Å²) in [6.07, 6.45) is 12.8. The van der Waals surface area contributed by atoms with Crippen molar-refractivity contribution in [2.24, 2.45) is 58.2 Å². The molecule has 2 nitrogen and oxygen atoms in total. The van der Waals surface area contributed by atoms with Crippen molar-refractivity contribution in [3.8, 4) is 0 Å². The van der Waals surface area contributed by atoms with Crippen LogP contribution in [0.5, 0.6) is 0 Å². The Bertz CT molecular complexity index is 655. The summed E-state index contributed by atoms with van der Waals surface area (Å²) in [4.78, 5) is 13.3. The van der Waals surface area contributed by atoms with Crippen molar-refractivity contribution in [3.05, 3.63) is 0 Å². The number of Topliss-reactive ketones (excluding diaryl/α,β-unsaturated/α-hetero) is 1. The van der Waals surface area contributed by atoms with E-state index in [2.05, 4.69) is 41.5 Å². The smallest absolute Gasteiger partial charge is 0.136 e. The summed E-state index contributed by atoms with van der Waals surface area (Å²) in [5.41, 5.74) is 0.591. The van der Waals surface area contributed by atoms with Crippen LogP contribution < -0.4 is 0 Å². The zero-order valence-corrected chi connectivity index (χ0v) is 21.3. The molecule has 4 fully saturated rings. The molecule has 178 valence electrons. The fourth-order valence-electron chi connectivity index (χ4n) is 9.68. The van der Waals surface area contributed by atoms with Crippen molar-refractivity contribution in [2.45, 2.75) is 118 Å². The Labute approximate surface area is 192 Å². The molecule has 10 atom stereocenters. The van der Waals surface area contributed by atoms with Crippen LogP contribution in [0.2, 0.25) is 0 Å². The summed E-state index contributed by atoms with van der Waals surface area (Å²) in [5, 5.41) is 10.3. The number of ketones is 1. The van der Waals surface area contributed by atoms with Gasteiger partial charge in [0, 0.05) is 12.3 Å². The van der Waals surface area contributed by atoms with Crippen LogP contribution in [0.25, 0.3) is 0 Å². The molecule has 2 unspecified atom stereocenters. The SMILES string of the molecule is CC[C@H](CC[C@@H](C)[C@H]1CC[C@H]2[C@@H]3CC(=O)C4CC(O)CC[C@]4(C)[C@H]3CC[C@]12C)C(C)C. The van der Waals surface area contributed by atoms with Gasteiger partial charge >= 0.3 is 0 Å². The molecule has 4 rings (SSSR count). The maximum Gasteiger partial charge on any atom is 0.136 e.